The molecule has 2 aromatic heterocycles. The van der Waals surface area contributed by atoms with Crippen molar-refractivity contribution in [2.75, 3.05) is 12.3 Å². The molecule has 0 saturated carbocycles. The maximum Gasteiger partial charge on any atom is 0.416 e. The number of amides is 1. The summed E-state index contributed by atoms with van der Waals surface area (Å²) in [4.78, 5) is 24.0. The molecule has 0 aliphatic carbocycles. The van der Waals surface area contributed by atoms with Crippen LogP contribution in [-0.4, -0.2) is 42.9 Å². The van der Waals surface area contributed by atoms with E-state index >= 15 is 4.39 Å². The van der Waals surface area contributed by atoms with Crippen molar-refractivity contribution in [3.8, 4) is 11.3 Å². The van der Waals surface area contributed by atoms with Crippen LogP contribution < -0.4 is 5.73 Å². The summed E-state index contributed by atoms with van der Waals surface area (Å²) in [6.07, 6.45) is 1.10. The Labute approximate surface area is 240 Å². The molecule has 2 fully saturated rings. The van der Waals surface area contributed by atoms with Crippen molar-refractivity contribution in [1.29, 1.82) is 0 Å². The zero-order valence-electron chi connectivity index (χ0n) is 23.4. The van der Waals surface area contributed by atoms with Crippen molar-refractivity contribution >= 4 is 17.2 Å². The molecule has 3 N–H and O–H groups in total. The first-order chi connectivity index (χ1) is 19.7. The smallest absolute Gasteiger partial charge is 0.382 e. The van der Waals surface area contributed by atoms with Crippen LogP contribution in [0, 0.1) is 11.2 Å². The summed E-state index contributed by atoms with van der Waals surface area (Å²) in [7, 11) is 0. The molecule has 0 bridgehead atoms. The van der Waals surface area contributed by atoms with Gasteiger partial charge >= 0.3 is 6.18 Å². The average molecular weight is 582 g/mol. The number of rotatable bonds is 4. The Balaban J connectivity index is 1.39. The second kappa shape index (κ2) is 9.52. The molecule has 7 nitrogen and oxygen atoms in total. The summed E-state index contributed by atoms with van der Waals surface area (Å²) in [5, 5.41) is 11.2. The number of aliphatic hydroxyl groups is 1. The highest BCUT2D eigenvalue weighted by Gasteiger charge is 2.48. The first-order valence-electron chi connectivity index (χ1n) is 13.8. The molecule has 6 rings (SSSR count). The van der Waals surface area contributed by atoms with Crippen LogP contribution in [0.2, 0.25) is 0 Å². The van der Waals surface area contributed by atoms with Crippen molar-refractivity contribution in [3.05, 3.63) is 83.2 Å². The molecule has 0 radical (unpaired) electrons. The number of fused-ring (bicyclic) bond motifs is 2. The van der Waals surface area contributed by atoms with Crippen molar-refractivity contribution in [2.24, 2.45) is 5.41 Å². The normalized spacial score (nSPS) is 21.9. The van der Waals surface area contributed by atoms with Crippen LogP contribution >= 0.6 is 0 Å². The minimum absolute atomic E-state index is 0.0251. The molecule has 11 heteroatoms. The third-order valence-electron chi connectivity index (χ3n) is 8.81. The number of anilines is 1. The van der Waals surface area contributed by atoms with Gasteiger partial charge in [-0.05, 0) is 61.6 Å². The number of benzene rings is 2. The van der Waals surface area contributed by atoms with Gasteiger partial charge < -0.3 is 15.7 Å². The Morgan fingerprint density at radius 2 is 1.79 bits per heavy atom. The number of hydrogen-bond donors (Lipinski definition) is 2. The van der Waals surface area contributed by atoms with E-state index in [0.717, 1.165) is 37.5 Å². The molecule has 2 aromatic carbocycles. The fourth-order valence-corrected chi connectivity index (χ4v) is 6.50. The van der Waals surface area contributed by atoms with Gasteiger partial charge in [-0.15, -0.1) is 0 Å². The predicted octanol–water partition coefficient (Wildman–Crippen LogP) is 5.90. The van der Waals surface area contributed by atoms with E-state index in [1.54, 1.807) is 16.8 Å². The van der Waals surface area contributed by atoms with Crippen molar-refractivity contribution in [2.45, 2.75) is 63.8 Å². The summed E-state index contributed by atoms with van der Waals surface area (Å²) in [5.41, 5.74) is 3.87. The first kappa shape index (κ1) is 28.1. The number of carbonyl (C=O) groups is 1. The number of imidazole rings is 1. The van der Waals surface area contributed by atoms with Gasteiger partial charge in [-0.25, -0.2) is 14.4 Å². The Morgan fingerprint density at radius 1 is 1.07 bits per heavy atom. The van der Waals surface area contributed by atoms with E-state index in [9.17, 15) is 23.1 Å². The molecule has 220 valence electrons. The van der Waals surface area contributed by atoms with Gasteiger partial charge in [-0.2, -0.15) is 13.2 Å². The lowest BCUT2D eigenvalue weighted by Crippen LogP contribution is -2.42. The predicted molar refractivity (Wildman–Crippen MR) is 149 cm³/mol. The number of halogens is 4. The zero-order valence-corrected chi connectivity index (χ0v) is 23.4. The second-order valence-electron chi connectivity index (χ2n) is 12.2. The SMILES string of the molecule is CC1(C)C[C@@H]2CC[C@@H](c3nc(-c4ccc(C(C)(O)c5cccc(C(F)(F)F)c5)cc4F)c4c(N)nccn34)CN2C1=O. The molecule has 2 aliphatic heterocycles. The van der Waals surface area contributed by atoms with Crippen LogP contribution in [0.4, 0.5) is 23.4 Å². The Kier molecular flexibility index (Phi) is 6.38. The van der Waals surface area contributed by atoms with Crippen molar-refractivity contribution in [3.63, 3.8) is 0 Å². The van der Waals surface area contributed by atoms with Crippen LogP contribution in [0.1, 0.15) is 68.5 Å². The summed E-state index contributed by atoms with van der Waals surface area (Å²) < 4.78 is 57.5. The third-order valence-corrected chi connectivity index (χ3v) is 8.81. The molecule has 0 spiro atoms. The van der Waals surface area contributed by atoms with Gasteiger partial charge in [0.1, 0.15) is 34.3 Å². The number of carbonyl (C=O) groups excluding carboxylic acids is 1. The lowest BCUT2D eigenvalue weighted by molar-refractivity contribution is -0.138. The third kappa shape index (κ3) is 4.50. The quantitative estimate of drug-likeness (QED) is 0.293. The molecule has 42 heavy (non-hydrogen) atoms. The Morgan fingerprint density at radius 3 is 2.50 bits per heavy atom. The van der Waals surface area contributed by atoms with E-state index < -0.39 is 28.6 Å². The van der Waals surface area contributed by atoms with Gasteiger partial charge in [0.25, 0.3) is 0 Å². The first-order valence-corrected chi connectivity index (χ1v) is 13.8. The fraction of sp³-hybridized carbons (Fsp3) is 0.387. The van der Waals surface area contributed by atoms with E-state index in [2.05, 4.69) is 4.98 Å². The van der Waals surface area contributed by atoms with Gasteiger partial charge in [0.2, 0.25) is 5.91 Å². The van der Waals surface area contributed by atoms with Crippen LogP contribution in [0.5, 0.6) is 0 Å². The van der Waals surface area contributed by atoms with Crippen molar-refractivity contribution < 1.29 is 27.5 Å². The van der Waals surface area contributed by atoms with E-state index in [1.807, 2.05) is 18.7 Å². The summed E-state index contributed by atoms with van der Waals surface area (Å²) in [5.74, 6) is 0.0806. The summed E-state index contributed by atoms with van der Waals surface area (Å²) >= 11 is 0. The standard InChI is InChI=1S/C31H31F4N5O2/c1-29(2)15-21-9-7-17(16-40(21)28(29)41)27-38-24(25-26(36)37-11-12-39(25)27)22-10-8-19(14-23(22)32)30(3,42)18-5-4-6-20(13-18)31(33,34)35/h4-6,8,10-14,17,21,42H,7,9,15-16H2,1-3H3,(H2,36,37)/t17-,21+,30?/m1/s1. The highest BCUT2D eigenvalue weighted by Crippen LogP contribution is 2.44. The van der Waals surface area contributed by atoms with Crippen molar-refractivity contribution in [1.82, 2.24) is 19.3 Å². The minimum Gasteiger partial charge on any atom is -0.382 e. The lowest BCUT2D eigenvalue weighted by atomic mass is 9.86. The molecular formula is C31H31F4N5O2. The second-order valence-corrected chi connectivity index (χ2v) is 12.2. The highest BCUT2D eigenvalue weighted by atomic mass is 19.4. The Bertz CT molecular complexity index is 1710. The number of alkyl halides is 3. The van der Waals surface area contributed by atoms with Gasteiger partial charge in [-0.1, -0.05) is 32.0 Å². The van der Waals surface area contributed by atoms with Crippen LogP contribution in [-0.2, 0) is 16.6 Å². The minimum atomic E-state index is -4.59. The number of piperidine rings is 1. The number of nitrogens with zero attached hydrogens (tertiary/aromatic N) is 4. The number of nitrogens with two attached hydrogens (primary N) is 1. The van der Waals surface area contributed by atoms with Crippen LogP contribution in [0.25, 0.3) is 16.8 Å². The maximum absolute atomic E-state index is 15.8. The molecule has 4 aromatic rings. The number of nitrogen functional groups attached to an aromatic ring is 1. The van der Waals surface area contributed by atoms with Gasteiger partial charge in [0, 0.05) is 41.9 Å². The van der Waals surface area contributed by atoms with Gasteiger partial charge in [0.05, 0.1) is 5.56 Å². The van der Waals surface area contributed by atoms with Gasteiger partial charge in [-0.3, -0.25) is 9.20 Å². The monoisotopic (exact) mass is 581 g/mol. The average Bonchev–Trinajstić information content (AvgIpc) is 3.43. The van der Waals surface area contributed by atoms with Crippen LogP contribution in [0.15, 0.2) is 54.9 Å². The number of aromatic nitrogens is 3. The highest BCUT2D eigenvalue weighted by molar-refractivity contribution is 5.86. The summed E-state index contributed by atoms with van der Waals surface area (Å²) in [6, 6.07) is 8.53. The molecule has 2 saturated heterocycles. The number of hydrogen-bond acceptors (Lipinski definition) is 5. The van der Waals surface area contributed by atoms with E-state index in [0.29, 0.717) is 17.9 Å². The molecular weight excluding hydrogens is 550 g/mol. The fourth-order valence-electron chi connectivity index (χ4n) is 6.50. The largest absolute Gasteiger partial charge is 0.416 e. The van der Waals surface area contributed by atoms with E-state index in [1.165, 1.54) is 31.2 Å². The zero-order chi connectivity index (χ0) is 30.2. The van der Waals surface area contributed by atoms with Gasteiger partial charge in [0.15, 0.2) is 0 Å². The molecule has 2 aliphatic rings. The Hall–Kier alpha value is -3.99. The molecule has 3 atom stereocenters. The lowest BCUT2D eigenvalue weighted by Gasteiger charge is -2.34. The molecule has 4 heterocycles. The molecule has 1 unspecified atom stereocenters. The molecule has 1 amide bonds. The van der Waals surface area contributed by atoms with Crippen LogP contribution in [0.3, 0.4) is 0 Å². The summed E-state index contributed by atoms with van der Waals surface area (Å²) in [6.45, 7) is 5.75. The maximum atomic E-state index is 15.8. The van der Waals surface area contributed by atoms with E-state index in [-0.39, 0.29) is 46.1 Å². The van der Waals surface area contributed by atoms with E-state index in [4.69, 9.17) is 10.7 Å². The topological polar surface area (TPSA) is 96.8 Å².